The molecule has 0 spiro atoms. The smallest absolute Gasteiger partial charge is 0.302 e. The van der Waals surface area contributed by atoms with E-state index in [1.807, 2.05) is 6.92 Å². The summed E-state index contributed by atoms with van der Waals surface area (Å²) in [6.07, 6.45) is 1.78. The quantitative estimate of drug-likeness (QED) is 0.443. The normalized spacial score (nSPS) is 9.91. The highest BCUT2D eigenvalue weighted by atomic mass is 16.5. The zero-order valence-corrected chi connectivity index (χ0v) is 7.10. The first-order chi connectivity index (χ1) is 5.16. The first-order valence-electron chi connectivity index (χ1n) is 3.39. The molecular formula is C9H12O2. The maximum atomic E-state index is 10.3. The van der Waals surface area contributed by atoms with E-state index >= 15 is 0 Å². The van der Waals surface area contributed by atoms with E-state index in [0.29, 0.717) is 6.61 Å². The molecule has 2 heteroatoms. The van der Waals surface area contributed by atoms with Crippen LogP contribution in [0.4, 0.5) is 0 Å². The monoisotopic (exact) mass is 152 g/mol. The number of ether oxygens (including phenoxy) is 1. The van der Waals surface area contributed by atoms with Crippen LogP contribution in [0.2, 0.25) is 0 Å². The fraction of sp³-hybridized carbons (Fsp3) is 0.444. The molecule has 0 atom stereocenters. The highest BCUT2D eigenvalue weighted by molar-refractivity contribution is 5.66. The van der Waals surface area contributed by atoms with Gasteiger partial charge in [-0.05, 0) is 25.5 Å². The molecule has 0 heterocycles. The number of carbonyl (C=O) groups is 1. The molecule has 0 N–H and O–H groups in total. The molecule has 0 amide bonds. The van der Waals surface area contributed by atoms with Crippen LogP contribution in [0.25, 0.3) is 0 Å². The van der Waals surface area contributed by atoms with E-state index < -0.39 is 0 Å². The maximum Gasteiger partial charge on any atom is 0.302 e. The van der Waals surface area contributed by atoms with Crippen molar-refractivity contribution in [3.63, 3.8) is 0 Å². The van der Waals surface area contributed by atoms with E-state index in [0.717, 1.165) is 5.57 Å². The molecule has 0 rings (SSSR count). The minimum absolute atomic E-state index is 0.265. The number of carbonyl (C=O) groups excluding carboxylic acids is 1. The third-order valence-electron chi connectivity index (χ3n) is 0.998. The highest BCUT2D eigenvalue weighted by Crippen LogP contribution is 1.89. The van der Waals surface area contributed by atoms with Crippen molar-refractivity contribution in [2.75, 3.05) is 6.61 Å². The van der Waals surface area contributed by atoms with Crippen molar-refractivity contribution < 1.29 is 9.53 Å². The number of hydrogen-bond donors (Lipinski definition) is 0. The fourth-order valence-corrected chi connectivity index (χ4v) is 0.532. The van der Waals surface area contributed by atoms with Gasteiger partial charge in [0.05, 0.1) is 0 Å². The van der Waals surface area contributed by atoms with Crippen molar-refractivity contribution in [3.8, 4) is 11.8 Å². The van der Waals surface area contributed by atoms with E-state index in [4.69, 9.17) is 0 Å². The largest absolute Gasteiger partial charge is 0.462 e. The maximum absolute atomic E-state index is 10.3. The van der Waals surface area contributed by atoms with Crippen molar-refractivity contribution in [1.82, 2.24) is 0 Å². The summed E-state index contributed by atoms with van der Waals surface area (Å²) in [5.74, 6) is 5.32. The predicted molar refractivity (Wildman–Crippen MR) is 43.8 cm³/mol. The van der Waals surface area contributed by atoms with Gasteiger partial charge in [0.1, 0.15) is 6.61 Å². The number of hydrogen-bond acceptors (Lipinski definition) is 2. The number of rotatable bonds is 2. The van der Waals surface area contributed by atoms with Crippen molar-refractivity contribution in [1.29, 1.82) is 0 Å². The van der Waals surface area contributed by atoms with E-state index in [9.17, 15) is 4.79 Å². The van der Waals surface area contributed by atoms with Crippen molar-refractivity contribution in [2.24, 2.45) is 0 Å². The summed E-state index contributed by atoms with van der Waals surface area (Å²) in [5, 5.41) is 0. The Bertz CT molecular complexity index is 215. The van der Waals surface area contributed by atoms with Gasteiger partial charge in [0, 0.05) is 6.92 Å². The Labute approximate surface area is 67.2 Å². The molecule has 0 unspecified atom stereocenters. The Morgan fingerprint density at radius 2 is 2.18 bits per heavy atom. The molecule has 0 bridgehead atoms. The van der Waals surface area contributed by atoms with E-state index in [2.05, 4.69) is 16.6 Å². The average Bonchev–Trinajstić information content (AvgIpc) is 1.87. The summed E-state index contributed by atoms with van der Waals surface area (Å²) in [7, 11) is 0. The van der Waals surface area contributed by atoms with Crippen LogP contribution in [-0.4, -0.2) is 12.6 Å². The van der Waals surface area contributed by atoms with Crippen LogP contribution >= 0.6 is 0 Å². The zero-order valence-electron chi connectivity index (χ0n) is 7.10. The molecule has 0 fully saturated rings. The molecule has 0 aromatic rings. The van der Waals surface area contributed by atoms with E-state index in [1.54, 1.807) is 13.0 Å². The van der Waals surface area contributed by atoms with Gasteiger partial charge >= 0.3 is 5.97 Å². The summed E-state index contributed by atoms with van der Waals surface area (Å²) < 4.78 is 4.68. The topological polar surface area (TPSA) is 26.3 Å². The zero-order chi connectivity index (χ0) is 8.69. The third kappa shape index (κ3) is 6.66. The standard InChI is InChI=1S/C9H12O2/c1-4-5-8(2)6-7-11-9(3)10/h6H,7H2,1-3H3/b8-6+. The minimum atomic E-state index is -0.265. The number of allylic oxidation sites excluding steroid dienone is 1. The lowest BCUT2D eigenvalue weighted by Crippen LogP contribution is -1.97. The molecule has 0 radical (unpaired) electrons. The molecule has 0 saturated heterocycles. The molecule has 0 aliphatic carbocycles. The lowest BCUT2D eigenvalue weighted by Gasteiger charge is -1.94. The SMILES string of the molecule is CC#C/C(C)=C/COC(C)=O. The van der Waals surface area contributed by atoms with Crippen LogP contribution in [0.1, 0.15) is 20.8 Å². The van der Waals surface area contributed by atoms with Crippen LogP contribution in [0.5, 0.6) is 0 Å². The van der Waals surface area contributed by atoms with Gasteiger partial charge in [-0.15, -0.1) is 5.92 Å². The molecule has 0 aromatic carbocycles. The summed E-state index contributed by atoms with van der Waals surface area (Å²) >= 11 is 0. The molecule has 0 aromatic heterocycles. The van der Waals surface area contributed by atoms with Gasteiger partial charge in [0.15, 0.2) is 0 Å². The van der Waals surface area contributed by atoms with E-state index in [-0.39, 0.29) is 5.97 Å². The molecule has 0 aliphatic rings. The van der Waals surface area contributed by atoms with Gasteiger partial charge in [0.2, 0.25) is 0 Å². The van der Waals surface area contributed by atoms with Gasteiger partial charge in [-0.25, -0.2) is 0 Å². The van der Waals surface area contributed by atoms with Gasteiger partial charge in [-0.2, -0.15) is 0 Å². The lowest BCUT2D eigenvalue weighted by atomic mass is 10.3. The summed E-state index contributed by atoms with van der Waals surface area (Å²) in [4.78, 5) is 10.3. The Morgan fingerprint density at radius 3 is 2.64 bits per heavy atom. The van der Waals surface area contributed by atoms with Gasteiger partial charge < -0.3 is 4.74 Å². The van der Waals surface area contributed by atoms with Crippen LogP contribution in [0.3, 0.4) is 0 Å². The first kappa shape index (κ1) is 9.77. The third-order valence-corrected chi connectivity index (χ3v) is 0.998. The molecule has 60 valence electrons. The van der Waals surface area contributed by atoms with Crippen molar-refractivity contribution in [2.45, 2.75) is 20.8 Å². The van der Waals surface area contributed by atoms with Crippen LogP contribution < -0.4 is 0 Å². The van der Waals surface area contributed by atoms with Crippen LogP contribution in [0.15, 0.2) is 11.6 Å². The molecule has 0 saturated carbocycles. The van der Waals surface area contributed by atoms with Crippen molar-refractivity contribution >= 4 is 5.97 Å². The van der Waals surface area contributed by atoms with E-state index in [1.165, 1.54) is 6.92 Å². The summed E-state index contributed by atoms with van der Waals surface area (Å²) in [6.45, 7) is 5.34. The summed E-state index contributed by atoms with van der Waals surface area (Å²) in [5.41, 5.74) is 0.925. The predicted octanol–water partition coefficient (Wildman–Crippen LogP) is 1.52. The first-order valence-corrected chi connectivity index (χ1v) is 3.39. The molecular weight excluding hydrogens is 140 g/mol. The van der Waals surface area contributed by atoms with Gasteiger partial charge in [0.25, 0.3) is 0 Å². The second kappa shape index (κ2) is 5.55. The Morgan fingerprint density at radius 1 is 1.55 bits per heavy atom. The molecule has 0 aliphatic heterocycles. The number of esters is 1. The second-order valence-corrected chi connectivity index (χ2v) is 2.06. The fourth-order valence-electron chi connectivity index (χ4n) is 0.532. The van der Waals surface area contributed by atoms with Crippen molar-refractivity contribution in [3.05, 3.63) is 11.6 Å². The molecule has 2 nitrogen and oxygen atoms in total. The minimum Gasteiger partial charge on any atom is -0.462 e. The Hall–Kier alpha value is -1.23. The summed E-state index contributed by atoms with van der Waals surface area (Å²) in [6, 6.07) is 0. The van der Waals surface area contributed by atoms with Crippen LogP contribution in [-0.2, 0) is 9.53 Å². The Balaban J connectivity index is 3.71. The second-order valence-electron chi connectivity index (χ2n) is 2.06. The van der Waals surface area contributed by atoms with Gasteiger partial charge in [-0.1, -0.05) is 5.92 Å². The highest BCUT2D eigenvalue weighted by Gasteiger charge is 1.87. The van der Waals surface area contributed by atoms with Gasteiger partial charge in [-0.3, -0.25) is 4.79 Å². The molecule has 11 heavy (non-hydrogen) atoms. The average molecular weight is 152 g/mol. The van der Waals surface area contributed by atoms with Crippen LogP contribution in [0, 0.1) is 11.8 Å². The Kier molecular flexibility index (Phi) is 4.93. The lowest BCUT2D eigenvalue weighted by molar-refractivity contribution is -0.139.